The van der Waals surface area contributed by atoms with E-state index in [0.29, 0.717) is 24.1 Å². The first-order valence-corrected chi connectivity index (χ1v) is 7.72. The molecular weight excluding hydrogens is 278 g/mol. The first-order chi connectivity index (χ1) is 9.47. The number of carbonyl (C=O) groups is 1. The predicted molar refractivity (Wildman–Crippen MR) is 78.6 cm³/mol. The van der Waals surface area contributed by atoms with Gasteiger partial charge in [0.2, 0.25) is 11.8 Å². The van der Waals surface area contributed by atoms with E-state index in [1.54, 1.807) is 22.7 Å². The third-order valence-corrected chi connectivity index (χ3v) is 3.87. The summed E-state index contributed by atoms with van der Waals surface area (Å²) in [6, 6.07) is 1.18. The van der Waals surface area contributed by atoms with Crippen molar-refractivity contribution in [3.05, 3.63) is 11.8 Å². The fraction of sp³-hybridized carbons (Fsp3) is 0.615. The quantitative estimate of drug-likeness (QED) is 0.904. The van der Waals surface area contributed by atoms with Gasteiger partial charge in [0.05, 0.1) is 6.10 Å². The molecule has 0 bridgehead atoms. The number of aryl methyl sites for hydroxylation is 1. The zero-order valence-corrected chi connectivity index (χ0v) is 12.7. The van der Waals surface area contributed by atoms with Crippen LogP contribution in [0.3, 0.4) is 0 Å². The average Bonchev–Trinajstić information content (AvgIpc) is 2.37. The number of thioether (sulfide) groups is 1. The van der Waals surface area contributed by atoms with Gasteiger partial charge in [-0.2, -0.15) is 16.7 Å². The molecule has 1 unspecified atom stereocenters. The lowest BCUT2D eigenvalue weighted by atomic mass is 10.3. The highest BCUT2D eigenvalue weighted by molar-refractivity contribution is 7.99. The summed E-state index contributed by atoms with van der Waals surface area (Å²) in [5, 5.41) is 9.31. The summed E-state index contributed by atoms with van der Waals surface area (Å²) in [6.45, 7) is 6.34. The van der Waals surface area contributed by atoms with Crippen molar-refractivity contribution in [2.45, 2.75) is 32.9 Å². The van der Waals surface area contributed by atoms with Crippen molar-refractivity contribution in [2.24, 2.45) is 0 Å². The Morgan fingerprint density at radius 2 is 2.30 bits per heavy atom. The summed E-state index contributed by atoms with van der Waals surface area (Å²) in [7, 11) is 0. The SMILES string of the molecule is Cc1cc(OC(C)C)nc(N2CCSCC2C(=O)O)n1. The van der Waals surface area contributed by atoms with Gasteiger partial charge in [0.15, 0.2) is 0 Å². The average molecular weight is 297 g/mol. The van der Waals surface area contributed by atoms with Crippen LogP contribution in [0.2, 0.25) is 0 Å². The zero-order valence-electron chi connectivity index (χ0n) is 11.9. The van der Waals surface area contributed by atoms with Crippen LogP contribution in [0, 0.1) is 6.92 Å². The number of carboxylic acids is 1. The molecule has 1 aromatic rings. The van der Waals surface area contributed by atoms with E-state index >= 15 is 0 Å². The van der Waals surface area contributed by atoms with E-state index in [0.717, 1.165) is 11.4 Å². The third kappa shape index (κ3) is 3.53. The highest BCUT2D eigenvalue weighted by atomic mass is 32.2. The third-order valence-electron chi connectivity index (χ3n) is 2.85. The van der Waals surface area contributed by atoms with E-state index in [1.165, 1.54) is 0 Å². The van der Waals surface area contributed by atoms with E-state index < -0.39 is 12.0 Å². The molecular formula is C13H19N3O3S. The molecule has 6 nitrogen and oxygen atoms in total. The Bertz CT molecular complexity index is 496. The predicted octanol–water partition coefficient (Wildman–Crippen LogP) is 1.58. The molecule has 0 amide bonds. The number of carboxylic acid groups (broad SMARTS) is 1. The Kier molecular flexibility index (Phi) is 4.69. The highest BCUT2D eigenvalue weighted by Crippen LogP contribution is 2.24. The summed E-state index contributed by atoms with van der Waals surface area (Å²) in [4.78, 5) is 21.8. The normalized spacial score (nSPS) is 19.2. The van der Waals surface area contributed by atoms with Gasteiger partial charge in [-0.15, -0.1) is 0 Å². The van der Waals surface area contributed by atoms with Crippen molar-refractivity contribution < 1.29 is 14.6 Å². The van der Waals surface area contributed by atoms with E-state index in [1.807, 2.05) is 20.8 Å². The number of aliphatic carboxylic acids is 1. The van der Waals surface area contributed by atoms with Gasteiger partial charge in [0, 0.05) is 29.8 Å². The molecule has 110 valence electrons. The zero-order chi connectivity index (χ0) is 14.7. The van der Waals surface area contributed by atoms with Crippen molar-refractivity contribution in [3.8, 4) is 5.88 Å². The fourth-order valence-corrected chi connectivity index (χ4v) is 3.04. The van der Waals surface area contributed by atoms with Crippen LogP contribution in [0.25, 0.3) is 0 Å². The van der Waals surface area contributed by atoms with Crippen LogP contribution in [-0.4, -0.2) is 51.2 Å². The standard InChI is InChI=1S/C13H19N3O3S/c1-8(2)19-11-6-9(3)14-13(15-11)16-4-5-20-7-10(16)12(17)18/h6,8,10H,4-5,7H2,1-3H3,(H,17,18). The van der Waals surface area contributed by atoms with E-state index in [4.69, 9.17) is 4.74 Å². The maximum atomic E-state index is 11.3. The van der Waals surface area contributed by atoms with Gasteiger partial charge >= 0.3 is 5.97 Å². The Labute approximate surface area is 122 Å². The molecule has 1 N–H and O–H groups in total. The molecule has 0 saturated carbocycles. The van der Waals surface area contributed by atoms with Crippen molar-refractivity contribution in [2.75, 3.05) is 23.0 Å². The maximum Gasteiger partial charge on any atom is 0.327 e. The van der Waals surface area contributed by atoms with Crippen LogP contribution in [0.5, 0.6) is 5.88 Å². The second-order valence-corrected chi connectivity index (χ2v) is 6.09. The molecule has 2 rings (SSSR count). The number of anilines is 1. The van der Waals surface area contributed by atoms with Crippen molar-refractivity contribution in [3.63, 3.8) is 0 Å². The first kappa shape index (κ1) is 14.9. The monoisotopic (exact) mass is 297 g/mol. The van der Waals surface area contributed by atoms with Crippen molar-refractivity contribution in [1.29, 1.82) is 0 Å². The number of nitrogens with zero attached hydrogens (tertiary/aromatic N) is 3. The Morgan fingerprint density at radius 3 is 2.95 bits per heavy atom. The minimum Gasteiger partial charge on any atom is -0.480 e. The van der Waals surface area contributed by atoms with Crippen LogP contribution >= 0.6 is 11.8 Å². The summed E-state index contributed by atoms with van der Waals surface area (Å²) in [5.74, 6) is 1.51. The Morgan fingerprint density at radius 1 is 1.55 bits per heavy atom. The molecule has 1 atom stereocenters. The lowest BCUT2D eigenvalue weighted by molar-refractivity contribution is -0.138. The van der Waals surface area contributed by atoms with Gasteiger partial charge in [-0.05, 0) is 20.8 Å². The van der Waals surface area contributed by atoms with Gasteiger partial charge in [-0.25, -0.2) is 9.78 Å². The summed E-state index contributed by atoms with van der Waals surface area (Å²) < 4.78 is 5.59. The van der Waals surface area contributed by atoms with Gasteiger partial charge in [-0.1, -0.05) is 0 Å². The number of aromatic nitrogens is 2. The summed E-state index contributed by atoms with van der Waals surface area (Å²) in [5.41, 5.74) is 0.771. The van der Waals surface area contributed by atoms with E-state index in [9.17, 15) is 9.90 Å². The number of hydrogen-bond donors (Lipinski definition) is 1. The minimum atomic E-state index is -0.839. The van der Waals surface area contributed by atoms with Gasteiger partial charge in [0.25, 0.3) is 0 Å². The fourth-order valence-electron chi connectivity index (χ4n) is 2.00. The first-order valence-electron chi connectivity index (χ1n) is 6.57. The van der Waals surface area contributed by atoms with Crippen LogP contribution in [0.1, 0.15) is 19.5 Å². The number of ether oxygens (including phenoxy) is 1. The van der Waals surface area contributed by atoms with E-state index in [2.05, 4.69) is 9.97 Å². The molecule has 0 spiro atoms. The molecule has 1 aliphatic rings. The highest BCUT2D eigenvalue weighted by Gasteiger charge is 2.31. The number of hydrogen-bond acceptors (Lipinski definition) is 6. The second kappa shape index (κ2) is 6.30. The van der Waals surface area contributed by atoms with Crippen LogP contribution in [0.4, 0.5) is 5.95 Å². The lowest BCUT2D eigenvalue weighted by Gasteiger charge is -2.32. The Balaban J connectivity index is 2.30. The minimum absolute atomic E-state index is 0.0179. The summed E-state index contributed by atoms with van der Waals surface area (Å²) in [6.07, 6.45) is 0.0179. The second-order valence-electron chi connectivity index (χ2n) is 4.94. The Hall–Kier alpha value is -1.50. The molecule has 0 aliphatic carbocycles. The molecule has 20 heavy (non-hydrogen) atoms. The molecule has 1 aromatic heterocycles. The number of rotatable bonds is 4. The topological polar surface area (TPSA) is 75.5 Å². The maximum absolute atomic E-state index is 11.3. The smallest absolute Gasteiger partial charge is 0.327 e. The van der Waals surface area contributed by atoms with Gasteiger partial charge in [-0.3, -0.25) is 0 Å². The molecule has 1 fully saturated rings. The molecule has 1 aliphatic heterocycles. The van der Waals surface area contributed by atoms with Crippen molar-refractivity contribution >= 4 is 23.7 Å². The van der Waals surface area contributed by atoms with Crippen LogP contribution in [0.15, 0.2) is 6.07 Å². The molecule has 0 aromatic carbocycles. The lowest BCUT2D eigenvalue weighted by Crippen LogP contribution is -2.48. The molecule has 0 radical (unpaired) electrons. The van der Waals surface area contributed by atoms with Gasteiger partial charge < -0.3 is 14.7 Å². The molecule has 1 saturated heterocycles. The molecule has 7 heteroatoms. The van der Waals surface area contributed by atoms with E-state index in [-0.39, 0.29) is 6.10 Å². The largest absolute Gasteiger partial charge is 0.480 e. The van der Waals surface area contributed by atoms with Crippen LogP contribution in [-0.2, 0) is 4.79 Å². The van der Waals surface area contributed by atoms with Gasteiger partial charge in [0.1, 0.15) is 6.04 Å². The van der Waals surface area contributed by atoms with Crippen LogP contribution < -0.4 is 9.64 Å². The van der Waals surface area contributed by atoms with Crippen molar-refractivity contribution in [1.82, 2.24) is 9.97 Å². The summed E-state index contributed by atoms with van der Waals surface area (Å²) >= 11 is 1.64. The molecule has 2 heterocycles.